The molecule has 1 saturated heterocycles. The zero-order valence-electron chi connectivity index (χ0n) is 11.5. The van der Waals surface area contributed by atoms with E-state index in [-0.39, 0.29) is 5.91 Å². The third kappa shape index (κ3) is 3.76. The Morgan fingerprint density at radius 2 is 2.15 bits per heavy atom. The maximum atomic E-state index is 12.2. The molecule has 0 spiro atoms. The van der Waals surface area contributed by atoms with Gasteiger partial charge in [-0.25, -0.2) is 0 Å². The SMILES string of the molecule is Cc1ccccc1SCC(=O)N1CCC[C@H](C(=O)O)C1. The first-order valence-corrected chi connectivity index (χ1v) is 7.75. The Bertz CT molecular complexity index is 504. The van der Waals surface area contributed by atoms with Gasteiger partial charge in [-0.3, -0.25) is 9.59 Å². The second kappa shape index (κ2) is 6.79. The quantitative estimate of drug-likeness (QED) is 0.866. The predicted octanol–water partition coefficient (Wildman–Crippen LogP) is 2.41. The number of aryl methyl sites for hydroxylation is 1. The van der Waals surface area contributed by atoms with E-state index < -0.39 is 11.9 Å². The van der Waals surface area contributed by atoms with Crippen molar-refractivity contribution in [3.63, 3.8) is 0 Å². The van der Waals surface area contributed by atoms with Gasteiger partial charge in [0.15, 0.2) is 0 Å². The third-order valence-corrected chi connectivity index (χ3v) is 4.73. The highest BCUT2D eigenvalue weighted by Crippen LogP contribution is 2.23. The van der Waals surface area contributed by atoms with Gasteiger partial charge in [-0.1, -0.05) is 18.2 Å². The van der Waals surface area contributed by atoms with Gasteiger partial charge in [-0.15, -0.1) is 11.8 Å². The molecule has 1 aliphatic rings. The van der Waals surface area contributed by atoms with Crippen LogP contribution < -0.4 is 0 Å². The maximum Gasteiger partial charge on any atom is 0.308 e. The standard InChI is InChI=1S/C15H19NO3S/c1-11-5-2-3-7-13(11)20-10-14(17)16-8-4-6-12(9-16)15(18)19/h2-3,5,7,12H,4,6,8-10H2,1H3,(H,18,19)/t12-/m0/s1. The largest absolute Gasteiger partial charge is 0.481 e. The molecule has 1 atom stereocenters. The lowest BCUT2D eigenvalue weighted by Crippen LogP contribution is -2.43. The molecule has 108 valence electrons. The summed E-state index contributed by atoms with van der Waals surface area (Å²) < 4.78 is 0. The first kappa shape index (κ1) is 14.9. The van der Waals surface area contributed by atoms with E-state index in [2.05, 4.69) is 0 Å². The van der Waals surface area contributed by atoms with E-state index in [0.717, 1.165) is 16.9 Å². The van der Waals surface area contributed by atoms with Crippen molar-refractivity contribution in [2.75, 3.05) is 18.8 Å². The second-order valence-electron chi connectivity index (χ2n) is 5.07. The number of hydrogen-bond donors (Lipinski definition) is 1. The molecule has 1 fully saturated rings. The van der Waals surface area contributed by atoms with Crippen LogP contribution in [-0.4, -0.2) is 40.7 Å². The zero-order valence-corrected chi connectivity index (χ0v) is 12.4. The van der Waals surface area contributed by atoms with Crippen molar-refractivity contribution in [2.45, 2.75) is 24.7 Å². The molecule has 0 saturated carbocycles. The van der Waals surface area contributed by atoms with Crippen molar-refractivity contribution in [1.29, 1.82) is 0 Å². The number of carbonyl (C=O) groups is 2. The van der Waals surface area contributed by atoms with E-state index in [4.69, 9.17) is 5.11 Å². The van der Waals surface area contributed by atoms with Gasteiger partial charge in [0.05, 0.1) is 11.7 Å². The number of aliphatic carboxylic acids is 1. The lowest BCUT2D eigenvalue weighted by molar-refractivity contribution is -0.145. The average molecular weight is 293 g/mol. The van der Waals surface area contributed by atoms with Gasteiger partial charge in [0.2, 0.25) is 5.91 Å². The molecular weight excluding hydrogens is 274 g/mol. The lowest BCUT2D eigenvalue weighted by Gasteiger charge is -2.30. The average Bonchev–Trinajstić information content (AvgIpc) is 2.46. The zero-order chi connectivity index (χ0) is 14.5. The molecule has 0 radical (unpaired) electrons. The number of amides is 1. The smallest absolute Gasteiger partial charge is 0.308 e. The Morgan fingerprint density at radius 3 is 2.85 bits per heavy atom. The Hall–Kier alpha value is -1.49. The van der Waals surface area contributed by atoms with Crippen molar-refractivity contribution in [1.82, 2.24) is 4.90 Å². The number of nitrogens with zero attached hydrogens (tertiary/aromatic N) is 1. The summed E-state index contributed by atoms with van der Waals surface area (Å²) in [4.78, 5) is 26.0. The molecule has 1 aliphatic heterocycles. The molecule has 0 bridgehead atoms. The summed E-state index contributed by atoms with van der Waals surface area (Å²) in [5.74, 6) is -0.800. The number of benzene rings is 1. The number of carboxylic acid groups (broad SMARTS) is 1. The highest BCUT2D eigenvalue weighted by Gasteiger charge is 2.27. The van der Waals surface area contributed by atoms with Crippen molar-refractivity contribution in [3.8, 4) is 0 Å². The Balaban J connectivity index is 1.89. The third-order valence-electron chi connectivity index (χ3n) is 3.57. The number of likely N-dealkylation sites (tertiary alicyclic amines) is 1. The van der Waals surface area contributed by atoms with Crippen molar-refractivity contribution in [2.24, 2.45) is 5.92 Å². The van der Waals surface area contributed by atoms with Crippen LogP contribution in [0, 0.1) is 12.8 Å². The second-order valence-corrected chi connectivity index (χ2v) is 6.09. The fourth-order valence-corrected chi connectivity index (χ4v) is 3.29. The van der Waals surface area contributed by atoms with Gasteiger partial charge in [-0.05, 0) is 31.4 Å². The monoisotopic (exact) mass is 293 g/mol. The molecule has 1 aromatic rings. The number of piperidine rings is 1. The first-order valence-electron chi connectivity index (χ1n) is 6.77. The minimum Gasteiger partial charge on any atom is -0.481 e. The summed E-state index contributed by atoms with van der Waals surface area (Å²) in [5.41, 5.74) is 1.16. The van der Waals surface area contributed by atoms with Gasteiger partial charge >= 0.3 is 5.97 Å². The van der Waals surface area contributed by atoms with E-state index >= 15 is 0 Å². The summed E-state index contributed by atoms with van der Waals surface area (Å²) in [6.45, 7) is 3.05. The van der Waals surface area contributed by atoms with Gasteiger partial charge in [-0.2, -0.15) is 0 Å². The first-order chi connectivity index (χ1) is 9.58. The number of rotatable bonds is 4. The molecule has 5 heteroatoms. The summed E-state index contributed by atoms with van der Waals surface area (Å²) in [6.07, 6.45) is 1.45. The Labute approximate surface area is 123 Å². The number of thioether (sulfide) groups is 1. The van der Waals surface area contributed by atoms with Gasteiger partial charge in [0.25, 0.3) is 0 Å². The number of carboxylic acids is 1. The molecule has 4 nitrogen and oxygen atoms in total. The van der Waals surface area contributed by atoms with Crippen LogP contribution in [0.3, 0.4) is 0 Å². The lowest BCUT2D eigenvalue weighted by atomic mass is 9.98. The topological polar surface area (TPSA) is 57.6 Å². The molecule has 1 heterocycles. The van der Waals surface area contributed by atoms with Crippen LogP contribution in [0.2, 0.25) is 0 Å². The van der Waals surface area contributed by atoms with Gasteiger partial charge in [0, 0.05) is 18.0 Å². The minimum absolute atomic E-state index is 0.0317. The molecule has 0 aliphatic carbocycles. The fourth-order valence-electron chi connectivity index (χ4n) is 2.35. The van der Waals surface area contributed by atoms with Crippen molar-refractivity contribution < 1.29 is 14.7 Å². The van der Waals surface area contributed by atoms with E-state index in [1.54, 1.807) is 4.90 Å². The van der Waals surface area contributed by atoms with E-state index in [1.807, 2.05) is 31.2 Å². The van der Waals surface area contributed by atoms with Crippen LogP contribution in [0.4, 0.5) is 0 Å². The van der Waals surface area contributed by atoms with E-state index in [1.165, 1.54) is 11.8 Å². The van der Waals surface area contributed by atoms with Crippen LogP contribution in [-0.2, 0) is 9.59 Å². The molecular formula is C15H19NO3S. The Morgan fingerprint density at radius 1 is 1.40 bits per heavy atom. The number of carbonyl (C=O) groups excluding carboxylic acids is 1. The van der Waals surface area contributed by atoms with Crippen molar-refractivity contribution in [3.05, 3.63) is 29.8 Å². The normalized spacial score (nSPS) is 18.9. The molecule has 0 unspecified atom stereocenters. The molecule has 1 aromatic carbocycles. The highest BCUT2D eigenvalue weighted by atomic mass is 32.2. The summed E-state index contributed by atoms with van der Waals surface area (Å²) >= 11 is 1.52. The van der Waals surface area contributed by atoms with Crippen LogP contribution in [0.1, 0.15) is 18.4 Å². The maximum absolute atomic E-state index is 12.2. The van der Waals surface area contributed by atoms with E-state index in [0.29, 0.717) is 25.3 Å². The Kier molecular flexibility index (Phi) is 5.06. The van der Waals surface area contributed by atoms with Gasteiger partial charge < -0.3 is 10.0 Å². The predicted molar refractivity (Wildman–Crippen MR) is 78.8 cm³/mol. The molecule has 1 amide bonds. The van der Waals surface area contributed by atoms with Crippen LogP contribution in [0.15, 0.2) is 29.2 Å². The minimum atomic E-state index is -0.797. The van der Waals surface area contributed by atoms with Crippen LogP contribution >= 0.6 is 11.8 Å². The summed E-state index contributed by atoms with van der Waals surface area (Å²) in [6, 6.07) is 7.96. The fraction of sp³-hybridized carbons (Fsp3) is 0.467. The van der Waals surface area contributed by atoms with Crippen LogP contribution in [0.5, 0.6) is 0 Å². The summed E-state index contributed by atoms with van der Waals surface area (Å²) in [5, 5.41) is 9.04. The van der Waals surface area contributed by atoms with Gasteiger partial charge in [0.1, 0.15) is 0 Å². The van der Waals surface area contributed by atoms with Crippen LogP contribution in [0.25, 0.3) is 0 Å². The number of hydrogen-bond acceptors (Lipinski definition) is 3. The van der Waals surface area contributed by atoms with Crippen molar-refractivity contribution >= 4 is 23.6 Å². The molecule has 2 rings (SSSR count). The molecule has 1 N–H and O–H groups in total. The van der Waals surface area contributed by atoms with E-state index in [9.17, 15) is 9.59 Å². The molecule has 20 heavy (non-hydrogen) atoms. The highest BCUT2D eigenvalue weighted by molar-refractivity contribution is 8.00. The summed E-state index contributed by atoms with van der Waals surface area (Å²) in [7, 11) is 0. The molecule has 0 aromatic heterocycles.